The van der Waals surface area contributed by atoms with Crippen molar-refractivity contribution < 1.29 is 28.7 Å². The van der Waals surface area contributed by atoms with Gasteiger partial charge in [-0.25, -0.2) is 0 Å². The van der Waals surface area contributed by atoms with Gasteiger partial charge in [0.1, 0.15) is 5.75 Å². The molecule has 172 valence electrons. The average Bonchev–Trinajstić information content (AvgIpc) is 3.02. The minimum absolute atomic E-state index is 0.226. The number of fused-ring (bicyclic) bond motifs is 1. The van der Waals surface area contributed by atoms with E-state index < -0.39 is 11.9 Å². The standard InChI is InChI=1S/C24H25N3O6/c1-14(2)27-23(31)19-9-8-17(13-20(19)24(27)32)22(30)26-11-5-10-25-21(29)16-6-4-7-18(12-16)33-15(3)28/h4,6-9,12-14H,5,10-11H2,1-3H3,(H,25,29)(H,26,30). The largest absolute Gasteiger partial charge is 0.427 e. The Kier molecular flexibility index (Phi) is 7.22. The van der Waals surface area contributed by atoms with Gasteiger partial charge in [-0.05, 0) is 56.7 Å². The van der Waals surface area contributed by atoms with Crippen LogP contribution in [-0.4, -0.2) is 53.6 Å². The molecule has 9 heteroatoms. The number of hydrogen-bond acceptors (Lipinski definition) is 6. The van der Waals surface area contributed by atoms with Gasteiger partial charge in [-0.2, -0.15) is 0 Å². The Morgan fingerprint density at radius 2 is 1.48 bits per heavy atom. The van der Waals surface area contributed by atoms with Crippen molar-refractivity contribution >= 4 is 29.6 Å². The highest BCUT2D eigenvalue weighted by Gasteiger charge is 2.37. The summed E-state index contributed by atoms with van der Waals surface area (Å²) in [6, 6.07) is 10.4. The van der Waals surface area contributed by atoms with Gasteiger partial charge in [0.25, 0.3) is 23.6 Å². The Bertz CT molecular complexity index is 1120. The van der Waals surface area contributed by atoms with Crippen molar-refractivity contribution in [1.29, 1.82) is 0 Å². The molecule has 0 aliphatic carbocycles. The molecule has 33 heavy (non-hydrogen) atoms. The molecule has 0 atom stereocenters. The molecule has 3 rings (SSSR count). The molecular formula is C24H25N3O6. The van der Waals surface area contributed by atoms with Gasteiger partial charge in [0.15, 0.2) is 0 Å². The number of imide groups is 1. The van der Waals surface area contributed by atoms with Crippen LogP contribution in [0.3, 0.4) is 0 Å². The van der Waals surface area contributed by atoms with Crippen LogP contribution in [0.5, 0.6) is 5.75 Å². The van der Waals surface area contributed by atoms with E-state index in [0.717, 1.165) is 0 Å². The summed E-state index contributed by atoms with van der Waals surface area (Å²) in [4.78, 5) is 61.7. The van der Waals surface area contributed by atoms with E-state index in [1.165, 1.54) is 36.1 Å². The molecule has 0 saturated carbocycles. The monoisotopic (exact) mass is 451 g/mol. The number of nitrogens with one attached hydrogen (secondary N) is 2. The van der Waals surface area contributed by atoms with Crippen molar-refractivity contribution in [3.05, 3.63) is 64.7 Å². The van der Waals surface area contributed by atoms with E-state index in [9.17, 15) is 24.0 Å². The number of nitrogens with zero attached hydrogens (tertiary/aromatic N) is 1. The highest BCUT2D eigenvalue weighted by atomic mass is 16.5. The quantitative estimate of drug-likeness (QED) is 0.275. The molecule has 1 heterocycles. The maximum Gasteiger partial charge on any atom is 0.308 e. The van der Waals surface area contributed by atoms with E-state index in [4.69, 9.17) is 4.74 Å². The third-order valence-electron chi connectivity index (χ3n) is 4.98. The van der Waals surface area contributed by atoms with Crippen molar-refractivity contribution in [2.24, 2.45) is 0 Å². The number of ether oxygens (including phenoxy) is 1. The molecule has 1 aliphatic rings. The fourth-order valence-electron chi connectivity index (χ4n) is 3.43. The first kappa shape index (κ1) is 23.6. The lowest BCUT2D eigenvalue weighted by molar-refractivity contribution is -0.131. The van der Waals surface area contributed by atoms with Crippen LogP contribution < -0.4 is 15.4 Å². The summed E-state index contributed by atoms with van der Waals surface area (Å²) in [6.45, 7) is 5.41. The van der Waals surface area contributed by atoms with Crippen LogP contribution in [0, 0.1) is 0 Å². The fourth-order valence-corrected chi connectivity index (χ4v) is 3.43. The van der Waals surface area contributed by atoms with Gasteiger partial charge in [-0.1, -0.05) is 6.07 Å². The number of carbonyl (C=O) groups is 5. The van der Waals surface area contributed by atoms with Gasteiger partial charge in [0, 0.05) is 37.2 Å². The number of amides is 4. The Morgan fingerprint density at radius 1 is 0.879 bits per heavy atom. The fraction of sp³-hybridized carbons (Fsp3) is 0.292. The van der Waals surface area contributed by atoms with Crippen molar-refractivity contribution in [2.75, 3.05) is 13.1 Å². The second-order valence-corrected chi connectivity index (χ2v) is 7.82. The molecule has 2 N–H and O–H groups in total. The van der Waals surface area contributed by atoms with Crippen molar-refractivity contribution in [2.45, 2.75) is 33.2 Å². The Labute approximate surface area is 191 Å². The maximum absolute atomic E-state index is 12.5. The van der Waals surface area contributed by atoms with Crippen LogP contribution in [-0.2, 0) is 4.79 Å². The van der Waals surface area contributed by atoms with Crippen molar-refractivity contribution in [3.8, 4) is 5.75 Å². The predicted molar refractivity (Wildman–Crippen MR) is 119 cm³/mol. The number of esters is 1. The van der Waals surface area contributed by atoms with E-state index in [0.29, 0.717) is 30.6 Å². The lowest BCUT2D eigenvalue weighted by atomic mass is 10.1. The topological polar surface area (TPSA) is 122 Å². The molecule has 0 spiro atoms. The summed E-state index contributed by atoms with van der Waals surface area (Å²) < 4.78 is 4.97. The molecular weight excluding hydrogens is 426 g/mol. The third-order valence-corrected chi connectivity index (χ3v) is 4.98. The molecule has 2 aromatic carbocycles. The second kappa shape index (κ2) is 10.1. The lowest BCUT2D eigenvalue weighted by Crippen LogP contribution is -2.35. The number of carbonyl (C=O) groups excluding carboxylic acids is 5. The van der Waals surface area contributed by atoms with Crippen LogP contribution in [0.25, 0.3) is 0 Å². The summed E-state index contributed by atoms with van der Waals surface area (Å²) in [5.74, 6) is -1.65. The van der Waals surface area contributed by atoms with Crippen molar-refractivity contribution in [1.82, 2.24) is 15.5 Å². The van der Waals surface area contributed by atoms with Gasteiger partial charge >= 0.3 is 5.97 Å². The zero-order valence-electron chi connectivity index (χ0n) is 18.6. The van der Waals surface area contributed by atoms with E-state index >= 15 is 0 Å². The summed E-state index contributed by atoms with van der Waals surface area (Å²) in [5.41, 5.74) is 1.16. The summed E-state index contributed by atoms with van der Waals surface area (Å²) in [5, 5.41) is 5.47. The minimum atomic E-state index is -0.472. The molecule has 1 aliphatic heterocycles. The van der Waals surface area contributed by atoms with Crippen LogP contribution in [0.1, 0.15) is 68.6 Å². The smallest absolute Gasteiger partial charge is 0.308 e. The van der Waals surface area contributed by atoms with Gasteiger partial charge in [0.05, 0.1) is 11.1 Å². The first-order chi connectivity index (χ1) is 15.7. The molecule has 4 amide bonds. The minimum Gasteiger partial charge on any atom is -0.427 e. The number of benzene rings is 2. The van der Waals surface area contributed by atoms with Gasteiger partial charge < -0.3 is 15.4 Å². The molecule has 2 aromatic rings. The Balaban J connectivity index is 1.48. The lowest BCUT2D eigenvalue weighted by Gasteiger charge is -2.17. The van der Waals surface area contributed by atoms with Crippen LogP contribution in [0.4, 0.5) is 0 Å². The highest BCUT2D eigenvalue weighted by Crippen LogP contribution is 2.25. The van der Waals surface area contributed by atoms with E-state index in [2.05, 4.69) is 10.6 Å². The van der Waals surface area contributed by atoms with Gasteiger partial charge in [0.2, 0.25) is 0 Å². The first-order valence-corrected chi connectivity index (χ1v) is 10.6. The highest BCUT2D eigenvalue weighted by molar-refractivity contribution is 6.22. The maximum atomic E-state index is 12.5. The van der Waals surface area contributed by atoms with E-state index in [1.807, 2.05) is 0 Å². The molecule has 0 radical (unpaired) electrons. The Morgan fingerprint density at radius 3 is 2.09 bits per heavy atom. The van der Waals surface area contributed by atoms with E-state index in [-0.39, 0.29) is 40.6 Å². The molecule has 0 aromatic heterocycles. The van der Waals surface area contributed by atoms with Crippen LogP contribution in [0.15, 0.2) is 42.5 Å². The second-order valence-electron chi connectivity index (χ2n) is 7.82. The van der Waals surface area contributed by atoms with Crippen molar-refractivity contribution in [3.63, 3.8) is 0 Å². The SMILES string of the molecule is CC(=O)Oc1cccc(C(=O)NCCCNC(=O)c2ccc3c(c2)C(=O)N(C(C)C)C3=O)c1. The average molecular weight is 451 g/mol. The number of rotatable bonds is 8. The third kappa shape index (κ3) is 5.43. The molecule has 9 nitrogen and oxygen atoms in total. The van der Waals surface area contributed by atoms with E-state index in [1.54, 1.807) is 32.0 Å². The van der Waals surface area contributed by atoms with Crippen LogP contribution >= 0.6 is 0 Å². The number of hydrogen-bond donors (Lipinski definition) is 2. The van der Waals surface area contributed by atoms with Gasteiger partial charge in [-0.3, -0.25) is 28.9 Å². The molecule has 0 unspecified atom stereocenters. The molecule has 0 saturated heterocycles. The zero-order chi connectivity index (χ0) is 24.1. The predicted octanol–water partition coefficient (Wildman–Crippen LogP) is 2.17. The summed E-state index contributed by atoms with van der Waals surface area (Å²) >= 11 is 0. The molecule has 0 bridgehead atoms. The normalized spacial score (nSPS) is 12.5. The Hall–Kier alpha value is -4.01. The molecule has 0 fully saturated rings. The first-order valence-electron chi connectivity index (χ1n) is 10.6. The zero-order valence-corrected chi connectivity index (χ0v) is 18.6. The van der Waals surface area contributed by atoms with Crippen LogP contribution in [0.2, 0.25) is 0 Å². The summed E-state index contributed by atoms with van der Waals surface area (Å²) in [6.07, 6.45) is 0.477. The summed E-state index contributed by atoms with van der Waals surface area (Å²) in [7, 11) is 0. The van der Waals surface area contributed by atoms with Gasteiger partial charge in [-0.15, -0.1) is 0 Å².